The number of rotatable bonds is 5. The van der Waals surface area contributed by atoms with Crippen LogP contribution in [0.5, 0.6) is 11.8 Å². The maximum absolute atomic E-state index is 12.4. The molecule has 2 aromatic rings. The fourth-order valence-electron chi connectivity index (χ4n) is 1.63. The van der Waals surface area contributed by atoms with E-state index < -0.39 is 0 Å². The van der Waals surface area contributed by atoms with E-state index in [4.69, 9.17) is 9.47 Å². The van der Waals surface area contributed by atoms with E-state index in [9.17, 15) is 4.79 Å². The van der Waals surface area contributed by atoms with Crippen molar-refractivity contribution in [2.45, 2.75) is 4.90 Å². The van der Waals surface area contributed by atoms with E-state index in [-0.39, 0.29) is 17.4 Å². The molecule has 0 bridgehead atoms. The molecule has 0 aliphatic carbocycles. The Labute approximate surface area is 121 Å². The van der Waals surface area contributed by atoms with Crippen molar-refractivity contribution >= 4 is 17.5 Å². The van der Waals surface area contributed by atoms with Crippen molar-refractivity contribution in [2.75, 3.05) is 20.5 Å². The standard InChI is InChI=1S/C14H14N2O3S/c1-18-11-8-15-12(14(16-11)19-2)13(17)9-4-6-10(20-3)7-5-9/h4-8H,1-3H3. The van der Waals surface area contributed by atoms with E-state index in [2.05, 4.69) is 9.97 Å². The van der Waals surface area contributed by atoms with Crippen LogP contribution in [0, 0.1) is 0 Å². The Balaban J connectivity index is 2.36. The van der Waals surface area contributed by atoms with E-state index in [1.54, 1.807) is 23.9 Å². The molecule has 0 N–H and O–H groups in total. The molecule has 0 radical (unpaired) electrons. The number of benzene rings is 1. The molecule has 1 heterocycles. The lowest BCUT2D eigenvalue weighted by atomic mass is 10.1. The van der Waals surface area contributed by atoms with Crippen LogP contribution in [0.25, 0.3) is 0 Å². The van der Waals surface area contributed by atoms with Crippen LogP contribution in [-0.4, -0.2) is 36.2 Å². The Morgan fingerprint density at radius 1 is 1.15 bits per heavy atom. The largest absolute Gasteiger partial charge is 0.480 e. The Bertz CT molecular complexity index is 614. The van der Waals surface area contributed by atoms with Gasteiger partial charge in [-0.05, 0) is 30.5 Å². The first-order valence-electron chi connectivity index (χ1n) is 5.83. The lowest BCUT2D eigenvalue weighted by Crippen LogP contribution is -2.08. The van der Waals surface area contributed by atoms with Gasteiger partial charge in [-0.1, -0.05) is 0 Å². The summed E-state index contributed by atoms with van der Waals surface area (Å²) in [6.07, 6.45) is 3.38. The number of carbonyl (C=O) groups excluding carboxylic acids is 1. The number of ether oxygens (including phenoxy) is 2. The SMILES string of the molecule is COc1cnc(C(=O)c2ccc(SC)cc2)c(OC)n1. The Morgan fingerprint density at radius 3 is 2.40 bits per heavy atom. The van der Waals surface area contributed by atoms with Crippen molar-refractivity contribution in [3.05, 3.63) is 41.7 Å². The maximum Gasteiger partial charge on any atom is 0.247 e. The van der Waals surface area contributed by atoms with Crippen LogP contribution in [0.3, 0.4) is 0 Å². The molecule has 0 unspecified atom stereocenters. The first-order chi connectivity index (χ1) is 9.69. The summed E-state index contributed by atoms with van der Waals surface area (Å²) in [5.41, 5.74) is 0.714. The molecule has 0 amide bonds. The Kier molecular flexibility index (Phi) is 4.57. The van der Waals surface area contributed by atoms with Crippen LogP contribution >= 0.6 is 11.8 Å². The predicted octanol–water partition coefficient (Wildman–Crippen LogP) is 2.45. The molecule has 0 fully saturated rings. The van der Waals surface area contributed by atoms with Gasteiger partial charge in [-0.2, -0.15) is 4.98 Å². The van der Waals surface area contributed by atoms with Crippen molar-refractivity contribution in [1.82, 2.24) is 9.97 Å². The van der Waals surface area contributed by atoms with Crippen molar-refractivity contribution in [3.8, 4) is 11.8 Å². The molecule has 0 spiro atoms. The summed E-state index contributed by atoms with van der Waals surface area (Å²) in [6.45, 7) is 0. The van der Waals surface area contributed by atoms with Gasteiger partial charge in [0.2, 0.25) is 17.5 Å². The van der Waals surface area contributed by atoms with Gasteiger partial charge < -0.3 is 9.47 Å². The highest BCUT2D eigenvalue weighted by Gasteiger charge is 2.18. The molecule has 6 heteroatoms. The molecule has 0 aliphatic heterocycles. The van der Waals surface area contributed by atoms with Crippen molar-refractivity contribution < 1.29 is 14.3 Å². The van der Waals surface area contributed by atoms with Crippen LogP contribution in [0.2, 0.25) is 0 Å². The lowest BCUT2D eigenvalue weighted by Gasteiger charge is -2.07. The topological polar surface area (TPSA) is 61.3 Å². The Morgan fingerprint density at radius 2 is 1.85 bits per heavy atom. The third kappa shape index (κ3) is 2.91. The summed E-state index contributed by atoms with van der Waals surface area (Å²) in [6, 6.07) is 7.31. The van der Waals surface area contributed by atoms with E-state index >= 15 is 0 Å². The van der Waals surface area contributed by atoms with Crippen LogP contribution in [0.1, 0.15) is 16.1 Å². The summed E-state index contributed by atoms with van der Waals surface area (Å²) < 4.78 is 10.1. The fraction of sp³-hybridized carbons (Fsp3) is 0.214. The molecule has 1 aromatic heterocycles. The first kappa shape index (κ1) is 14.3. The minimum atomic E-state index is -0.232. The molecular weight excluding hydrogens is 276 g/mol. The van der Waals surface area contributed by atoms with Crippen LogP contribution in [0.15, 0.2) is 35.4 Å². The van der Waals surface area contributed by atoms with Gasteiger partial charge in [0, 0.05) is 10.5 Å². The smallest absolute Gasteiger partial charge is 0.247 e. The predicted molar refractivity (Wildman–Crippen MR) is 76.8 cm³/mol. The van der Waals surface area contributed by atoms with E-state index in [0.29, 0.717) is 11.4 Å². The number of hydrogen-bond donors (Lipinski definition) is 0. The summed E-state index contributed by atoms with van der Waals surface area (Å²) in [7, 11) is 2.92. The number of aromatic nitrogens is 2. The van der Waals surface area contributed by atoms with E-state index in [1.807, 2.05) is 18.4 Å². The second-order valence-corrected chi connectivity index (χ2v) is 4.71. The number of hydrogen-bond acceptors (Lipinski definition) is 6. The highest BCUT2D eigenvalue weighted by molar-refractivity contribution is 7.98. The molecule has 5 nitrogen and oxygen atoms in total. The monoisotopic (exact) mass is 290 g/mol. The lowest BCUT2D eigenvalue weighted by molar-refractivity contribution is 0.103. The van der Waals surface area contributed by atoms with Crippen molar-refractivity contribution in [2.24, 2.45) is 0 Å². The number of ketones is 1. The van der Waals surface area contributed by atoms with Gasteiger partial charge in [-0.3, -0.25) is 4.79 Å². The maximum atomic E-state index is 12.4. The average molecular weight is 290 g/mol. The van der Waals surface area contributed by atoms with Crippen LogP contribution in [-0.2, 0) is 0 Å². The molecule has 1 aromatic carbocycles. The van der Waals surface area contributed by atoms with E-state index in [0.717, 1.165) is 4.90 Å². The number of carbonyl (C=O) groups is 1. The van der Waals surface area contributed by atoms with Gasteiger partial charge in [0.1, 0.15) is 0 Å². The van der Waals surface area contributed by atoms with Gasteiger partial charge in [-0.25, -0.2) is 4.98 Å². The molecule has 0 saturated carbocycles. The van der Waals surface area contributed by atoms with Crippen LogP contribution in [0.4, 0.5) is 0 Å². The summed E-state index contributed by atoms with van der Waals surface area (Å²) in [5, 5.41) is 0. The third-order valence-corrected chi connectivity index (χ3v) is 3.43. The normalized spacial score (nSPS) is 10.2. The molecular formula is C14H14N2O3S. The summed E-state index contributed by atoms with van der Waals surface area (Å²) in [4.78, 5) is 21.6. The molecule has 0 saturated heterocycles. The van der Waals surface area contributed by atoms with Gasteiger partial charge in [0.15, 0.2) is 5.69 Å². The van der Waals surface area contributed by atoms with Gasteiger partial charge in [-0.15, -0.1) is 11.8 Å². The molecule has 0 atom stereocenters. The zero-order chi connectivity index (χ0) is 14.5. The van der Waals surface area contributed by atoms with Gasteiger partial charge >= 0.3 is 0 Å². The molecule has 0 aliphatic rings. The molecule has 20 heavy (non-hydrogen) atoms. The zero-order valence-electron chi connectivity index (χ0n) is 11.4. The van der Waals surface area contributed by atoms with Gasteiger partial charge in [0.05, 0.1) is 20.4 Å². The third-order valence-electron chi connectivity index (χ3n) is 2.69. The van der Waals surface area contributed by atoms with Crippen LogP contribution < -0.4 is 9.47 Å². The fourth-order valence-corrected chi connectivity index (χ4v) is 2.04. The highest BCUT2D eigenvalue weighted by atomic mass is 32.2. The zero-order valence-corrected chi connectivity index (χ0v) is 12.2. The van der Waals surface area contributed by atoms with Crippen molar-refractivity contribution in [3.63, 3.8) is 0 Å². The highest BCUT2D eigenvalue weighted by Crippen LogP contribution is 2.21. The van der Waals surface area contributed by atoms with Crippen molar-refractivity contribution in [1.29, 1.82) is 0 Å². The number of nitrogens with zero attached hydrogens (tertiary/aromatic N) is 2. The Hall–Kier alpha value is -2.08. The number of methoxy groups -OCH3 is 2. The van der Waals surface area contributed by atoms with Gasteiger partial charge in [0.25, 0.3) is 0 Å². The molecule has 104 valence electrons. The summed E-state index contributed by atoms with van der Waals surface area (Å²) in [5.74, 6) is 0.226. The van der Waals surface area contributed by atoms with E-state index in [1.165, 1.54) is 20.4 Å². The quantitative estimate of drug-likeness (QED) is 0.622. The second-order valence-electron chi connectivity index (χ2n) is 3.83. The minimum absolute atomic E-state index is 0.156. The average Bonchev–Trinajstić information content (AvgIpc) is 2.53. The minimum Gasteiger partial charge on any atom is -0.480 e. The molecule has 2 rings (SSSR count). The number of thioether (sulfide) groups is 1. The first-order valence-corrected chi connectivity index (χ1v) is 7.06. The second kappa shape index (κ2) is 6.38. The summed E-state index contributed by atoms with van der Waals surface area (Å²) >= 11 is 1.62.